The molecule has 0 aliphatic carbocycles. The molecule has 0 aliphatic heterocycles. The van der Waals surface area contributed by atoms with Gasteiger partial charge in [-0.05, 0) is 19.1 Å². The minimum absolute atomic E-state index is 0.136. The topological polar surface area (TPSA) is 107 Å². The highest BCUT2D eigenvalue weighted by Crippen LogP contribution is 2.30. The molecule has 4 N–H and O–H groups in total. The van der Waals surface area contributed by atoms with Crippen molar-refractivity contribution in [2.45, 2.75) is 13.0 Å². The molecule has 1 atom stereocenters. The Kier molecular flexibility index (Phi) is 4.30. The summed E-state index contributed by atoms with van der Waals surface area (Å²) in [5.74, 6) is -1.33. The highest BCUT2D eigenvalue weighted by Gasteiger charge is 2.15. The fraction of sp³-hybridized carbons (Fsp3) is 0.364. The molecule has 1 unspecified atom stereocenters. The van der Waals surface area contributed by atoms with Crippen LogP contribution in [0, 0.1) is 6.92 Å². The predicted octanol–water partition coefficient (Wildman–Crippen LogP) is 0.131. The normalized spacial score (nSPS) is 12.2. The van der Waals surface area contributed by atoms with Crippen LogP contribution in [-0.2, 0) is 0 Å². The van der Waals surface area contributed by atoms with E-state index in [1.807, 2.05) is 0 Å². The van der Waals surface area contributed by atoms with E-state index in [0.29, 0.717) is 0 Å². The fourth-order valence-electron chi connectivity index (χ4n) is 1.25. The van der Waals surface area contributed by atoms with E-state index in [1.54, 1.807) is 0 Å². The molecule has 0 fully saturated rings. The third-order valence-electron chi connectivity index (χ3n) is 2.25. The summed E-state index contributed by atoms with van der Waals surface area (Å²) in [7, 11) is 0. The second-order valence-corrected chi connectivity index (χ2v) is 3.54. The van der Waals surface area contributed by atoms with Gasteiger partial charge in [0.25, 0.3) is 0 Å². The largest absolute Gasteiger partial charge is 0.507 e. The first-order chi connectivity index (χ1) is 7.97. The Labute approximate surface area is 97.7 Å². The van der Waals surface area contributed by atoms with E-state index in [0.717, 1.165) is 0 Å². The van der Waals surface area contributed by atoms with Crippen molar-refractivity contribution < 1.29 is 30.0 Å². The lowest BCUT2D eigenvalue weighted by molar-refractivity contribution is 0.0532. The van der Waals surface area contributed by atoms with Crippen molar-refractivity contribution in [1.82, 2.24) is 0 Å². The van der Waals surface area contributed by atoms with Crippen molar-refractivity contribution in [2.24, 2.45) is 0 Å². The van der Waals surface area contributed by atoms with Gasteiger partial charge in [0.05, 0.1) is 6.61 Å². The van der Waals surface area contributed by atoms with Crippen LogP contribution < -0.4 is 4.74 Å². The number of aromatic hydroxyl groups is 1. The van der Waals surface area contributed by atoms with Crippen LogP contribution in [0.3, 0.4) is 0 Å². The molecule has 0 bridgehead atoms. The number of benzene rings is 1. The van der Waals surface area contributed by atoms with Gasteiger partial charge in [0, 0.05) is 5.56 Å². The molecular formula is C11H14O6. The first kappa shape index (κ1) is 13.3. The van der Waals surface area contributed by atoms with Gasteiger partial charge in [-0.1, -0.05) is 0 Å². The van der Waals surface area contributed by atoms with Crippen molar-refractivity contribution in [1.29, 1.82) is 0 Å². The number of ether oxygens (including phenoxy) is 1. The number of carbonyl (C=O) groups is 1. The van der Waals surface area contributed by atoms with Crippen molar-refractivity contribution in [2.75, 3.05) is 13.2 Å². The van der Waals surface area contributed by atoms with E-state index < -0.39 is 18.7 Å². The summed E-state index contributed by atoms with van der Waals surface area (Å²) in [6.07, 6.45) is -1.02. The molecule has 0 radical (unpaired) electrons. The van der Waals surface area contributed by atoms with Crippen molar-refractivity contribution in [3.63, 3.8) is 0 Å². The maximum absolute atomic E-state index is 10.7. The zero-order valence-corrected chi connectivity index (χ0v) is 9.25. The van der Waals surface area contributed by atoms with Crippen LogP contribution >= 0.6 is 0 Å². The number of carboxylic acids is 1. The fourth-order valence-corrected chi connectivity index (χ4v) is 1.25. The van der Waals surface area contributed by atoms with Crippen LogP contribution in [0.5, 0.6) is 11.5 Å². The highest BCUT2D eigenvalue weighted by molar-refractivity contribution is 5.91. The third-order valence-corrected chi connectivity index (χ3v) is 2.25. The Morgan fingerprint density at radius 2 is 2.12 bits per heavy atom. The van der Waals surface area contributed by atoms with Gasteiger partial charge in [0.15, 0.2) is 0 Å². The molecule has 0 saturated carbocycles. The molecule has 0 aromatic heterocycles. The molecule has 0 saturated heterocycles. The lowest BCUT2D eigenvalue weighted by Gasteiger charge is -2.13. The Bertz CT molecular complexity index is 415. The maximum Gasteiger partial charge on any atom is 0.339 e. The lowest BCUT2D eigenvalue weighted by Crippen LogP contribution is -2.21. The van der Waals surface area contributed by atoms with E-state index in [4.69, 9.17) is 20.1 Å². The van der Waals surface area contributed by atoms with Crippen LogP contribution in [0.1, 0.15) is 15.9 Å². The number of phenols is 1. The molecule has 0 heterocycles. The summed E-state index contributed by atoms with van der Waals surface area (Å²) in [5.41, 5.74) is 0.0626. The van der Waals surface area contributed by atoms with E-state index in [1.165, 1.54) is 19.1 Å². The second-order valence-electron chi connectivity index (χ2n) is 3.54. The highest BCUT2D eigenvalue weighted by atomic mass is 16.5. The van der Waals surface area contributed by atoms with Gasteiger partial charge in [-0.3, -0.25) is 0 Å². The Morgan fingerprint density at radius 1 is 1.47 bits per heavy atom. The van der Waals surface area contributed by atoms with E-state index in [-0.39, 0.29) is 29.2 Å². The van der Waals surface area contributed by atoms with Crippen molar-refractivity contribution in [3.05, 3.63) is 23.3 Å². The molecule has 0 spiro atoms. The maximum atomic E-state index is 10.7. The number of aliphatic hydroxyl groups is 2. The van der Waals surface area contributed by atoms with Crippen molar-refractivity contribution >= 4 is 5.97 Å². The lowest BCUT2D eigenvalue weighted by atomic mass is 10.1. The summed E-state index contributed by atoms with van der Waals surface area (Å²) in [4.78, 5) is 10.7. The number of carboxylic acid groups (broad SMARTS) is 1. The summed E-state index contributed by atoms with van der Waals surface area (Å²) in [6.45, 7) is 0.934. The zero-order valence-electron chi connectivity index (χ0n) is 9.25. The average molecular weight is 242 g/mol. The van der Waals surface area contributed by atoms with Gasteiger partial charge in [-0.15, -0.1) is 0 Å². The second kappa shape index (κ2) is 5.51. The predicted molar refractivity (Wildman–Crippen MR) is 58.4 cm³/mol. The molecule has 17 heavy (non-hydrogen) atoms. The molecule has 0 amide bonds. The monoisotopic (exact) mass is 242 g/mol. The van der Waals surface area contributed by atoms with Crippen LogP contribution in [0.4, 0.5) is 0 Å². The first-order valence-electron chi connectivity index (χ1n) is 4.95. The molecule has 1 rings (SSSR count). The smallest absolute Gasteiger partial charge is 0.339 e. The summed E-state index contributed by atoms with van der Waals surface area (Å²) >= 11 is 0. The van der Waals surface area contributed by atoms with Gasteiger partial charge in [-0.2, -0.15) is 0 Å². The van der Waals surface area contributed by atoms with Gasteiger partial charge >= 0.3 is 5.97 Å². The molecule has 0 aliphatic rings. The van der Waals surface area contributed by atoms with Crippen molar-refractivity contribution in [3.8, 4) is 11.5 Å². The van der Waals surface area contributed by atoms with E-state index in [2.05, 4.69) is 0 Å². The number of aliphatic hydroxyl groups excluding tert-OH is 2. The molecule has 6 heteroatoms. The first-order valence-corrected chi connectivity index (χ1v) is 4.95. The SMILES string of the molecule is Cc1c(OCC(O)CO)ccc(C(=O)O)c1O. The molecular weight excluding hydrogens is 228 g/mol. The minimum atomic E-state index is -1.23. The van der Waals surface area contributed by atoms with E-state index >= 15 is 0 Å². The van der Waals surface area contributed by atoms with Crippen LogP contribution in [0.2, 0.25) is 0 Å². The van der Waals surface area contributed by atoms with E-state index in [9.17, 15) is 9.90 Å². The van der Waals surface area contributed by atoms with Crippen LogP contribution in [-0.4, -0.2) is 45.7 Å². The summed E-state index contributed by atoms with van der Waals surface area (Å²) < 4.78 is 5.14. The van der Waals surface area contributed by atoms with Gasteiger partial charge in [0.1, 0.15) is 29.8 Å². The molecule has 6 nitrogen and oxygen atoms in total. The molecule has 1 aromatic carbocycles. The number of hydrogen-bond acceptors (Lipinski definition) is 5. The number of hydrogen-bond donors (Lipinski definition) is 4. The summed E-state index contributed by atoms with van der Waals surface area (Å²) in [5, 5.41) is 36.0. The number of rotatable bonds is 5. The Balaban J connectivity index is 2.89. The Hall–Kier alpha value is -1.79. The minimum Gasteiger partial charge on any atom is -0.507 e. The van der Waals surface area contributed by atoms with Crippen LogP contribution in [0.25, 0.3) is 0 Å². The Morgan fingerprint density at radius 3 is 2.65 bits per heavy atom. The standard InChI is InChI=1S/C11H14O6/c1-6-9(17-5-7(13)4-12)3-2-8(10(6)14)11(15)16/h2-3,7,12-14H,4-5H2,1H3,(H,15,16). The van der Waals surface area contributed by atoms with Gasteiger partial charge < -0.3 is 25.2 Å². The quantitative estimate of drug-likeness (QED) is 0.584. The molecule has 94 valence electrons. The average Bonchev–Trinajstić information content (AvgIpc) is 2.30. The molecule has 1 aromatic rings. The summed E-state index contributed by atoms with van der Waals surface area (Å²) in [6, 6.07) is 2.61. The zero-order chi connectivity index (χ0) is 13.0. The third kappa shape index (κ3) is 3.08. The number of aromatic carboxylic acids is 1. The van der Waals surface area contributed by atoms with Gasteiger partial charge in [0.2, 0.25) is 0 Å². The van der Waals surface area contributed by atoms with Crippen LogP contribution in [0.15, 0.2) is 12.1 Å². The van der Waals surface area contributed by atoms with Gasteiger partial charge in [-0.25, -0.2) is 4.79 Å².